The number of carbonyl (C=O) groups is 2. The predicted octanol–water partition coefficient (Wildman–Crippen LogP) is 1.30. The van der Waals surface area contributed by atoms with Crippen molar-refractivity contribution >= 4 is 18.0 Å². The Labute approximate surface area is 152 Å². The second-order valence-corrected chi connectivity index (χ2v) is 6.02. The van der Waals surface area contributed by atoms with Crippen molar-refractivity contribution in [3.63, 3.8) is 0 Å². The molecule has 1 N–H and O–H groups in total. The van der Waals surface area contributed by atoms with E-state index in [0.717, 1.165) is 36.5 Å². The topological polar surface area (TPSA) is 74.8 Å². The number of nitrogens with one attached hydrogen (secondary N) is 1. The van der Waals surface area contributed by atoms with Gasteiger partial charge in [-0.15, -0.1) is 0 Å². The van der Waals surface area contributed by atoms with E-state index in [-0.39, 0.29) is 5.91 Å². The molecule has 2 heterocycles. The van der Waals surface area contributed by atoms with Gasteiger partial charge in [-0.05, 0) is 18.2 Å². The first kappa shape index (κ1) is 17.7. The average Bonchev–Trinajstić information content (AvgIpc) is 2.72. The lowest BCUT2D eigenvalue weighted by Crippen LogP contribution is -2.45. The van der Waals surface area contributed by atoms with Crippen LogP contribution in [0.15, 0.2) is 42.6 Å². The first-order chi connectivity index (χ1) is 12.7. The fraction of sp³-hybridized carbons (Fsp3) is 0.316. The zero-order chi connectivity index (χ0) is 18.4. The van der Waals surface area contributed by atoms with Crippen LogP contribution in [-0.4, -0.2) is 55.5 Å². The van der Waals surface area contributed by atoms with Gasteiger partial charge in [-0.1, -0.05) is 18.2 Å². The van der Waals surface area contributed by atoms with Crippen molar-refractivity contribution in [3.8, 4) is 5.75 Å². The maximum Gasteiger partial charge on any atom is 0.270 e. The van der Waals surface area contributed by atoms with Crippen LogP contribution in [0.4, 0.5) is 5.69 Å². The van der Waals surface area contributed by atoms with Gasteiger partial charge in [0.1, 0.15) is 11.4 Å². The molecule has 7 heteroatoms. The summed E-state index contributed by atoms with van der Waals surface area (Å²) in [6.07, 6.45) is 2.58. The molecule has 0 spiro atoms. The van der Waals surface area contributed by atoms with E-state index >= 15 is 0 Å². The van der Waals surface area contributed by atoms with E-state index in [1.54, 1.807) is 24.3 Å². The zero-order valence-corrected chi connectivity index (χ0v) is 14.7. The predicted molar refractivity (Wildman–Crippen MR) is 98.3 cm³/mol. The molecule has 0 unspecified atom stereocenters. The summed E-state index contributed by atoms with van der Waals surface area (Å²) in [6.45, 7) is 3.30. The number of amides is 2. The molecule has 1 saturated heterocycles. The van der Waals surface area contributed by atoms with Crippen LogP contribution in [-0.2, 0) is 11.3 Å². The Balaban J connectivity index is 1.58. The maximum atomic E-state index is 12.3. The van der Waals surface area contributed by atoms with Crippen molar-refractivity contribution in [2.75, 3.05) is 38.2 Å². The van der Waals surface area contributed by atoms with Crippen molar-refractivity contribution in [3.05, 3.63) is 53.9 Å². The van der Waals surface area contributed by atoms with Crippen LogP contribution in [0.5, 0.6) is 5.75 Å². The quantitative estimate of drug-likeness (QED) is 0.792. The highest BCUT2D eigenvalue weighted by Crippen LogP contribution is 2.17. The number of para-hydroxylation sites is 1. The summed E-state index contributed by atoms with van der Waals surface area (Å²) in [4.78, 5) is 31.3. The minimum absolute atomic E-state index is 0.228. The molecule has 26 heavy (non-hydrogen) atoms. The highest BCUT2D eigenvalue weighted by atomic mass is 16.5. The van der Waals surface area contributed by atoms with E-state index in [1.807, 2.05) is 30.3 Å². The molecular weight excluding hydrogens is 332 g/mol. The Morgan fingerprint density at radius 1 is 1.19 bits per heavy atom. The van der Waals surface area contributed by atoms with Gasteiger partial charge in [0.05, 0.1) is 19.0 Å². The van der Waals surface area contributed by atoms with E-state index < -0.39 is 0 Å². The van der Waals surface area contributed by atoms with E-state index in [1.165, 1.54) is 0 Å². The number of aromatic nitrogens is 1. The molecule has 2 aromatic rings. The molecule has 1 aliphatic rings. The van der Waals surface area contributed by atoms with Gasteiger partial charge in [0, 0.05) is 38.3 Å². The molecule has 1 fully saturated rings. The van der Waals surface area contributed by atoms with E-state index in [2.05, 4.69) is 15.2 Å². The minimum Gasteiger partial charge on any atom is -0.496 e. The summed E-state index contributed by atoms with van der Waals surface area (Å²) in [7, 11) is 1.61. The smallest absolute Gasteiger partial charge is 0.270 e. The van der Waals surface area contributed by atoms with Gasteiger partial charge in [0.25, 0.3) is 5.91 Å². The van der Waals surface area contributed by atoms with Gasteiger partial charge in [0.2, 0.25) is 6.41 Å². The third kappa shape index (κ3) is 4.11. The summed E-state index contributed by atoms with van der Waals surface area (Å²) in [5.74, 6) is 0.513. The van der Waals surface area contributed by atoms with E-state index in [4.69, 9.17) is 4.74 Å². The van der Waals surface area contributed by atoms with Crippen LogP contribution in [0.25, 0.3) is 0 Å². The van der Waals surface area contributed by atoms with Gasteiger partial charge in [-0.3, -0.25) is 9.59 Å². The molecule has 2 amide bonds. The summed E-state index contributed by atoms with van der Waals surface area (Å²) >= 11 is 0. The molecule has 3 rings (SSSR count). The van der Waals surface area contributed by atoms with Crippen LogP contribution in [0, 0.1) is 0 Å². The number of pyridine rings is 1. The van der Waals surface area contributed by atoms with Crippen molar-refractivity contribution in [2.24, 2.45) is 0 Å². The molecule has 1 aliphatic heterocycles. The molecule has 0 aliphatic carbocycles. The van der Waals surface area contributed by atoms with Crippen LogP contribution in [0.1, 0.15) is 16.1 Å². The Morgan fingerprint density at radius 3 is 2.62 bits per heavy atom. The number of ether oxygens (including phenoxy) is 1. The summed E-state index contributed by atoms with van der Waals surface area (Å²) in [5, 5.41) is 2.86. The van der Waals surface area contributed by atoms with Gasteiger partial charge >= 0.3 is 0 Å². The van der Waals surface area contributed by atoms with Crippen molar-refractivity contribution in [1.82, 2.24) is 15.2 Å². The Bertz CT molecular complexity index is 756. The van der Waals surface area contributed by atoms with Gasteiger partial charge < -0.3 is 19.9 Å². The van der Waals surface area contributed by atoms with Crippen molar-refractivity contribution in [1.29, 1.82) is 0 Å². The van der Waals surface area contributed by atoms with Crippen molar-refractivity contribution < 1.29 is 14.3 Å². The minimum atomic E-state index is -0.228. The average molecular weight is 354 g/mol. The third-order valence-corrected chi connectivity index (χ3v) is 4.44. The fourth-order valence-corrected chi connectivity index (χ4v) is 2.91. The third-order valence-electron chi connectivity index (χ3n) is 4.44. The molecule has 1 aromatic carbocycles. The molecule has 0 saturated carbocycles. The monoisotopic (exact) mass is 354 g/mol. The number of anilines is 1. The molecule has 0 atom stereocenters. The molecule has 136 valence electrons. The maximum absolute atomic E-state index is 12.3. The summed E-state index contributed by atoms with van der Waals surface area (Å²) in [5.41, 5.74) is 2.24. The SMILES string of the molecule is COc1ccccc1CNC(=O)c1ccc(N2CCN(C=O)CC2)cn1. The second-order valence-electron chi connectivity index (χ2n) is 6.02. The number of piperazine rings is 1. The summed E-state index contributed by atoms with van der Waals surface area (Å²) in [6, 6.07) is 11.2. The number of carbonyl (C=O) groups excluding carboxylic acids is 2. The van der Waals surface area contributed by atoms with Gasteiger partial charge in [-0.25, -0.2) is 4.98 Å². The standard InChI is InChI=1S/C19H22N4O3/c1-26-18-5-3-2-4-15(18)12-21-19(25)17-7-6-16(13-20-17)23-10-8-22(14-24)9-11-23/h2-7,13-14H,8-12H2,1H3,(H,21,25). The highest BCUT2D eigenvalue weighted by Gasteiger charge is 2.16. The largest absolute Gasteiger partial charge is 0.496 e. The van der Waals surface area contributed by atoms with Crippen LogP contribution in [0.2, 0.25) is 0 Å². The molecular formula is C19H22N4O3. The number of benzene rings is 1. The molecule has 1 aromatic heterocycles. The first-order valence-corrected chi connectivity index (χ1v) is 8.51. The Morgan fingerprint density at radius 2 is 1.96 bits per heavy atom. The number of nitrogens with zero attached hydrogens (tertiary/aromatic N) is 3. The van der Waals surface area contributed by atoms with E-state index in [9.17, 15) is 9.59 Å². The Hall–Kier alpha value is -3.09. The lowest BCUT2D eigenvalue weighted by atomic mass is 10.2. The van der Waals surface area contributed by atoms with Crippen LogP contribution in [0.3, 0.4) is 0 Å². The Kier molecular flexibility index (Phi) is 5.68. The van der Waals surface area contributed by atoms with Crippen LogP contribution >= 0.6 is 0 Å². The van der Waals surface area contributed by atoms with Gasteiger partial charge in [0.15, 0.2) is 0 Å². The normalized spacial score (nSPS) is 14.0. The lowest BCUT2D eigenvalue weighted by molar-refractivity contribution is -0.118. The van der Waals surface area contributed by atoms with Gasteiger partial charge in [-0.2, -0.15) is 0 Å². The number of rotatable bonds is 6. The molecule has 0 bridgehead atoms. The first-order valence-electron chi connectivity index (χ1n) is 8.51. The number of hydrogen-bond acceptors (Lipinski definition) is 5. The fourth-order valence-electron chi connectivity index (χ4n) is 2.91. The number of hydrogen-bond donors (Lipinski definition) is 1. The second kappa shape index (κ2) is 8.33. The molecule has 0 radical (unpaired) electrons. The lowest BCUT2D eigenvalue weighted by Gasteiger charge is -2.33. The highest BCUT2D eigenvalue weighted by molar-refractivity contribution is 5.92. The van der Waals surface area contributed by atoms with E-state index in [0.29, 0.717) is 25.3 Å². The molecule has 7 nitrogen and oxygen atoms in total. The summed E-state index contributed by atoms with van der Waals surface area (Å²) < 4.78 is 5.28. The zero-order valence-electron chi connectivity index (χ0n) is 14.7. The number of methoxy groups -OCH3 is 1. The van der Waals surface area contributed by atoms with Crippen LogP contribution < -0.4 is 15.0 Å². The van der Waals surface area contributed by atoms with Crippen molar-refractivity contribution in [2.45, 2.75) is 6.54 Å².